The van der Waals surface area contributed by atoms with Gasteiger partial charge in [-0.1, -0.05) is 233 Å². The number of halogens is 17. The summed E-state index contributed by atoms with van der Waals surface area (Å²) in [6.07, 6.45) is 3.08. The summed E-state index contributed by atoms with van der Waals surface area (Å²) in [6.45, 7) is 4.60. The van der Waals surface area contributed by atoms with Crippen LogP contribution in [0.5, 0.6) is 40.2 Å². The first-order valence-corrected chi connectivity index (χ1v) is 40.5. The highest BCUT2D eigenvalue weighted by atomic mass is 19.4. The summed E-state index contributed by atoms with van der Waals surface area (Å²) in [5.74, 6) is -25.0. The first kappa shape index (κ1) is 100. The van der Waals surface area contributed by atoms with Gasteiger partial charge >= 0.3 is 72.3 Å². The van der Waals surface area contributed by atoms with E-state index in [0.717, 1.165) is 57.8 Å². The molecule has 4 aromatic rings. The van der Waals surface area contributed by atoms with Crippen LogP contribution in [0.3, 0.4) is 0 Å². The molecule has 0 aliphatic heterocycles. The lowest BCUT2D eigenvalue weighted by atomic mass is 10.1. The molecule has 0 N–H and O–H groups in total. The second-order valence-corrected chi connectivity index (χ2v) is 28.7. The van der Waals surface area contributed by atoms with Gasteiger partial charge in [-0.3, -0.25) is 14.3 Å². The number of ether oxygens (including phenoxy) is 10. The van der Waals surface area contributed by atoms with Crippen molar-refractivity contribution in [2.75, 3.05) is 33.0 Å². The normalized spacial score (nSPS) is 13.4. The molecule has 0 aliphatic carbocycles. The van der Waals surface area contributed by atoms with Crippen LogP contribution in [-0.2, 0) is 19.0 Å². The molecular formula is C84H113F17O14. The van der Waals surface area contributed by atoms with Crippen molar-refractivity contribution in [2.45, 2.75) is 326 Å². The van der Waals surface area contributed by atoms with Gasteiger partial charge in [0.25, 0.3) is 0 Å². The van der Waals surface area contributed by atoms with Crippen LogP contribution in [0.1, 0.15) is 309 Å². The summed E-state index contributed by atoms with van der Waals surface area (Å²) >= 11 is 0. The number of rotatable bonds is 63. The van der Waals surface area contributed by atoms with Gasteiger partial charge in [-0.25, -0.2) is 14.4 Å². The van der Waals surface area contributed by atoms with Crippen LogP contribution in [0.2, 0.25) is 0 Å². The van der Waals surface area contributed by atoms with Gasteiger partial charge in [0.2, 0.25) is 5.75 Å². The van der Waals surface area contributed by atoms with E-state index in [1.807, 2.05) is 0 Å². The van der Waals surface area contributed by atoms with E-state index in [0.29, 0.717) is 37.1 Å². The van der Waals surface area contributed by atoms with Crippen molar-refractivity contribution in [3.63, 3.8) is 0 Å². The van der Waals surface area contributed by atoms with Gasteiger partial charge in [0, 0.05) is 6.42 Å². The predicted octanol–water partition coefficient (Wildman–Crippen LogP) is 26.9. The van der Waals surface area contributed by atoms with Crippen LogP contribution in [0.4, 0.5) is 74.6 Å². The van der Waals surface area contributed by atoms with Gasteiger partial charge < -0.3 is 37.9 Å². The molecule has 0 heterocycles. The third-order valence-corrected chi connectivity index (χ3v) is 18.8. The molecule has 0 amide bonds. The maximum Gasteiger partial charge on any atom is 0.462 e. The SMILES string of the molecule is CCCCCCCCCCCCCCOc1cc(C(=O)Oc2ccc(C(=O)Oc3ccc(OC(=O)c4ccc(OCCCCCC(=O)OCC(F)(OC(F)(F)C(F)(OC(F)(F)C(F)(F)C(F)(F)F)C(F)(F)F)C(F)(F)F)cc4)cc3)cc2)cc(OCCCCCCCCCCCCCC)c1OCCCCCCCCCCCCCC. The molecule has 652 valence electrons. The third-order valence-electron chi connectivity index (χ3n) is 18.8. The summed E-state index contributed by atoms with van der Waals surface area (Å²) in [5, 5.41) is 0. The molecule has 2 atom stereocenters. The van der Waals surface area contributed by atoms with Gasteiger partial charge in [-0.2, -0.15) is 74.6 Å². The first-order chi connectivity index (χ1) is 54.5. The Balaban J connectivity index is 1.32. The van der Waals surface area contributed by atoms with Crippen molar-refractivity contribution in [3.05, 3.63) is 102 Å². The van der Waals surface area contributed by atoms with Crippen LogP contribution >= 0.6 is 0 Å². The second-order valence-electron chi connectivity index (χ2n) is 28.7. The number of esters is 4. The quantitative estimate of drug-likeness (QED) is 0.0178. The van der Waals surface area contributed by atoms with Crippen molar-refractivity contribution < 1.29 is 141 Å². The number of carbonyl (C=O) groups excluding carboxylic acids is 4. The summed E-state index contributed by atoms with van der Waals surface area (Å²) in [5.41, 5.74) is 0.320. The van der Waals surface area contributed by atoms with Gasteiger partial charge in [-0.15, -0.1) is 0 Å². The number of hydrogen-bond donors (Lipinski definition) is 0. The molecule has 4 aromatic carbocycles. The van der Waals surface area contributed by atoms with E-state index in [1.54, 1.807) is 12.1 Å². The van der Waals surface area contributed by atoms with Crippen LogP contribution in [0.15, 0.2) is 84.9 Å². The Morgan fingerprint density at radius 3 is 0.922 bits per heavy atom. The molecule has 0 aliphatic rings. The van der Waals surface area contributed by atoms with Gasteiger partial charge in [-0.05, 0) is 123 Å². The number of hydrogen-bond acceptors (Lipinski definition) is 14. The fourth-order valence-corrected chi connectivity index (χ4v) is 11.9. The number of alkyl halides is 17. The molecule has 0 radical (unpaired) electrons. The lowest BCUT2D eigenvalue weighted by molar-refractivity contribution is -0.552. The Kier molecular flexibility index (Phi) is 45.1. The Labute approximate surface area is 663 Å². The molecule has 0 fully saturated rings. The van der Waals surface area contributed by atoms with Crippen molar-refractivity contribution in [2.24, 2.45) is 0 Å². The topological polar surface area (TPSA) is 161 Å². The summed E-state index contributed by atoms with van der Waals surface area (Å²) in [7, 11) is 0. The summed E-state index contributed by atoms with van der Waals surface area (Å²) in [4.78, 5) is 52.6. The van der Waals surface area contributed by atoms with E-state index in [-0.39, 0.29) is 65.6 Å². The van der Waals surface area contributed by atoms with Crippen molar-refractivity contribution in [1.29, 1.82) is 0 Å². The Morgan fingerprint density at radius 2 is 0.591 bits per heavy atom. The summed E-state index contributed by atoms with van der Waals surface area (Å²) < 4.78 is 278. The maximum atomic E-state index is 14.8. The Morgan fingerprint density at radius 1 is 0.296 bits per heavy atom. The zero-order valence-corrected chi connectivity index (χ0v) is 66.0. The number of unbranched alkanes of at least 4 members (excludes halogenated alkanes) is 35. The van der Waals surface area contributed by atoms with E-state index in [9.17, 15) is 93.8 Å². The molecule has 4 rings (SSSR count). The van der Waals surface area contributed by atoms with E-state index < -0.39 is 85.3 Å². The van der Waals surface area contributed by atoms with Crippen molar-refractivity contribution in [1.82, 2.24) is 0 Å². The van der Waals surface area contributed by atoms with Crippen molar-refractivity contribution in [3.8, 4) is 40.2 Å². The Hall–Kier alpha value is -7.31. The highest BCUT2D eigenvalue weighted by Gasteiger charge is 2.85. The third kappa shape index (κ3) is 36.2. The van der Waals surface area contributed by atoms with E-state index in [1.165, 1.54) is 251 Å². The fourth-order valence-electron chi connectivity index (χ4n) is 11.9. The average Bonchev–Trinajstić information content (AvgIpc) is 0.736. The zero-order chi connectivity index (χ0) is 84.9. The highest BCUT2D eigenvalue weighted by Crippen LogP contribution is 2.57. The molecule has 115 heavy (non-hydrogen) atoms. The molecule has 31 heteroatoms. The highest BCUT2D eigenvalue weighted by molar-refractivity contribution is 5.94. The van der Waals surface area contributed by atoms with E-state index >= 15 is 0 Å². The second kappa shape index (κ2) is 51.8. The molecule has 2 unspecified atom stereocenters. The van der Waals surface area contributed by atoms with E-state index in [2.05, 4.69) is 30.2 Å². The lowest BCUT2D eigenvalue weighted by Gasteiger charge is -2.40. The van der Waals surface area contributed by atoms with Gasteiger partial charge in [0.1, 0.15) is 23.0 Å². The minimum atomic E-state index is -8.07. The van der Waals surface area contributed by atoms with E-state index in [4.69, 9.17) is 33.2 Å². The molecule has 0 bridgehead atoms. The van der Waals surface area contributed by atoms with Crippen LogP contribution in [0.25, 0.3) is 0 Å². The van der Waals surface area contributed by atoms with Crippen LogP contribution < -0.4 is 33.2 Å². The van der Waals surface area contributed by atoms with Crippen molar-refractivity contribution >= 4 is 23.9 Å². The standard InChI is InChI=1S/C84H113F17O14/c1-4-7-10-13-16-19-22-25-28-31-34-39-57-107-70-60-65(61-71(108-58-40-35-32-29-26-23-20-17-14-11-8-5-2)73(70)109-59-41-36-33-30-27-24-21-18-15-12-9-6-3)76(105)113-67-50-46-64(47-51-67)75(104)112-69-54-52-68(53-55-69)111-74(103)63-44-48-66(49-45-63)106-56-42-37-38-43-72(102)110-62-77(85,80(89,90)91)114-84(100,101)79(88,82(95,96)97)115-83(98,99)78(86,87)81(92,93)94/h44-55,60-61H,4-43,56-59,62H2,1-3H3. The van der Waals surface area contributed by atoms with Gasteiger partial charge in [0.15, 0.2) is 18.1 Å². The maximum absolute atomic E-state index is 14.8. The molecule has 0 spiro atoms. The zero-order valence-electron chi connectivity index (χ0n) is 66.0. The molecule has 14 nitrogen and oxygen atoms in total. The minimum absolute atomic E-state index is 0.0261. The first-order valence-electron chi connectivity index (χ1n) is 40.5. The smallest absolute Gasteiger partial charge is 0.462 e. The average molecular weight is 1670 g/mol. The largest absolute Gasteiger partial charge is 0.494 e. The van der Waals surface area contributed by atoms with Crippen LogP contribution in [-0.4, -0.2) is 105 Å². The van der Waals surface area contributed by atoms with Gasteiger partial charge in [0.05, 0.1) is 43.1 Å². The molecule has 0 saturated heterocycles. The fraction of sp³-hybridized carbons (Fsp3) is 0.667. The number of carbonyl (C=O) groups is 4. The monoisotopic (exact) mass is 1670 g/mol. The predicted molar refractivity (Wildman–Crippen MR) is 398 cm³/mol. The Bertz CT molecular complexity index is 3320. The summed E-state index contributed by atoms with van der Waals surface area (Å²) in [6, 6.07) is 19.8. The molecule has 0 saturated carbocycles. The lowest BCUT2D eigenvalue weighted by Crippen LogP contribution is -2.67. The molecule has 0 aromatic heterocycles. The minimum Gasteiger partial charge on any atom is -0.494 e. The number of benzene rings is 4. The molecular weight excluding hydrogens is 1560 g/mol. The van der Waals surface area contributed by atoms with Crippen LogP contribution in [0, 0.1) is 0 Å².